The lowest BCUT2D eigenvalue weighted by Gasteiger charge is -2.02. The van der Waals surface area contributed by atoms with Gasteiger partial charge in [0.1, 0.15) is 10.7 Å². The number of imidazole rings is 1. The molecule has 0 saturated heterocycles. The second-order valence-electron chi connectivity index (χ2n) is 3.05. The molecule has 0 aromatic carbocycles. The molecule has 3 aromatic heterocycles. The van der Waals surface area contributed by atoms with Crippen molar-refractivity contribution in [2.45, 2.75) is 0 Å². The van der Waals surface area contributed by atoms with Crippen LogP contribution in [-0.2, 0) is 0 Å². The fourth-order valence-corrected chi connectivity index (χ4v) is 1.87. The number of nitrogens with zero attached hydrogens (tertiary/aromatic N) is 4. The summed E-state index contributed by atoms with van der Waals surface area (Å²) in [7, 11) is 0. The largest absolute Gasteiger partial charge is 0.293 e. The Morgan fingerprint density at radius 2 is 2.00 bits per heavy atom. The highest BCUT2D eigenvalue weighted by Gasteiger charge is 2.07. The van der Waals surface area contributed by atoms with E-state index in [1.807, 2.05) is 4.40 Å². The first kappa shape index (κ1) is 8.88. The van der Waals surface area contributed by atoms with Crippen LogP contribution in [0, 0.1) is 0 Å². The fraction of sp³-hybridized carbons (Fsp3) is 0. The molecule has 0 N–H and O–H groups in total. The van der Waals surface area contributed by atoms with Crippen LogP contribution in [0.5, 0.6) is 0 Å². The summed E-state index contributed by atoms with van der Waals surface area (Å²) < 4.78 is 1.83. The Morgan fingerprint density at radius 3 is 2.87 bits per heavy atom. The van der Waals surface area contributed by atoms with Crippen LogP contribution in [-0.4, -0.2) is 19.4 Å². The SMILES string of the molecule is Clc1cc2nc(Cl)c3cncn3c2cn1. The highest BCUT2D eigenvalue weighted by molar-refractivity contribution is 6.33. The van der Waals surface area contributed by atoms with Crippen LogP contribution in [0.2, 0.25) is 10.3 Å². The van der Waals surface area contributed by atoms with Gasteiger partial charge >= 0.3 is 0 Å². The van der Waals surface area contributed by atoms with Gasteiger partial charge < -0.3 is 0 Å². The van der Waals surface area contributed by atoms with Gasteiger partial charge in [0.15, 0.2) is 5.15 Å². The molecule has 0 aliphatic rings. The number of aromatic nitrogens is 4. The molecule has 4 nitrogen and oxygen atoms in total. The van der Waals surface area contributed by atoms with E-state index >= 15 is 0 Å². The van der Waals surface area contributed by atoms with Crippen molar-refractivity contribution >= 4 is 39.8 Å². The zero-order chi connectivity index (χ0) is 10.4. The van der Waals surface area contributed by atoms with Gasteiger partial charge in [0.25, 0.3) is 0 Å². The maximum absolute atomic E-state index is 5.99. The Hall–Kier alpha value is -1.39. The summed E-state index contributed by atoms with van der Waals surface area (Å²) in [5.41, 5.74) is 2.29. The van der Waals surface area contributed by atoms with Gasteiger partial charge in [-0.25, -0.2) is 15.0 Å². The maximum atomic E-state index is 5.99. The molecule has 0 unspecified atom stereocenters. The van der Waals surface area contributed by atoms with Gasteiger partial charge in [0.2, 0.25) is 0 Å². The number of hydrogen-bond acceptors (Lipinski definition) is 3. The minimum Gasteiger partial charge on any atom is -0.293 e. The third kappa shape index (κ3) is 1.26. The topological polar surface area (TPSA) is 43.1 Å². The van der Waals surface area contributed by atoms with E-state index in [2.05, 4.69) is 15.0 Å². The summed E-state index contributed by atoms with van der Waals surface area (Å²) in [6, 6.07) is 1.67. The van der Waals surface area contributed by atoms with Crippen LogP contribution < -0.4 is 0 Å². The number of hydrogen-bond donors (Lipinski definition) is 0. The van der Waals surface area contributed by atoms with Gasteiger partial charge in [0.05, 0.1) is 29.8 Å². The Bertz CT molecular complexity index is 662. The van der Waals surface area contributed by atoms with E-state index in [1.54, 1.807) is 24.8 Å². The van der Waals surface area contributed by atoms with Crippen molar-refractivity contribution in [1.82, 2.24) is 19.4 Å². The number of fused-ring (bicyclic) bond motifs is 3. The number of pyridine rings is 1. The summed E-state index contributed by atoms with van der Waals surface area (Å²) in [5, 5.41) is 0.799. The number of rotatable bonds is 0. The first-order valence-electron chi connectivity index (χ1n) is 4.18. The Labute approximate surface area is 94.5 Å². The molecule has 0 saturated carbocycles. The molecule has 0 bridgehead atoms. The molecule has 0 atom stereocenters. The van der Waals surface area contributed by atoms with Crippen molar-refractivity contribution in [3.8, 4) is 0 Å². The molecule has 3 heterocycles. The molecule has 6 heteroatoms. The summed E-state index contributed by atoms with van der Waals surface area (Å²) >= 11 is 11.8. The molecule has 0 aliphatic heterocycles. The lowest BCUT2D eigenvalue weighted by Crippen LogP contribution is -1.92. The zero-order valence-corrected chi connectivity index (χ0v) is 8.87. The zero-order valence-electron chi connectivity index (χ0n) is 7.35. The summed E-state index contributed by atoms with van der Waals surface area (Å²) in [4.78, 5) is 12.2. The lowest BCUT2D eigenvalue weighted by atomic mass is 10.4. The van der Waals surface area contributed by atoms with E-state index in [-0.39, 0.29) is 0 Å². The predicted molar refractivity (Wildman–Crippen MR) is 58.3 cm³/mol. The van der Waals surface area contributed by atoms with E-state index in [0.29, 0.717) is 15.8 Å². The molecule has 0 spiro atoms. The average molecular weight is 239 g/mol. The van der Waals surface area contributed by atoms with Crippen LogP contribution in [0.25, 0.3) is 16.6 Å². The molecule has 0 amide bonds. The van der Waals surface area contributed by atoms with E-state index in [4.69, 9.17) is 23.2 Å². The van der Waals surface area contributed by atoms with Crippen molar-refractivity contribution in [1.29, 1.82) is 0 Å². The smallest absolute Gasteiger partial charge is 0.155 e. The van der Waals surface area contributed by atoms with E-state index in [0.717, 1.165) is 11.0 Å². The molecule has 0 aliphatic carbocycles. The summed E-state index contributed by atoms with van der Waals surface area (Å²) in [6.07, 6.45) is 4.97. The van der Waals surface area contributed by atoms with Gasteiger partial charge in [-0.05, 0) is 0 Å². The van der Waals surface area contributed by atoms with Gasteiger partial charge in [-0.3, -0.25) is 4.40 Å². The minimum atomic E-state index is 0.394. The molecule has 15 heavy (non-hydrogen) atoms. The van der Waals surface area contributed by atoms with E-state index in [9.17, 15) is 0 Å². The van der Waals surface area contributed by atoms with Crippen molar-refractivity contribution in [2.24, 2.45) is 0 Å². The van der Waals surface area contributed by atoms with Gasteiger partial charge in [0, 0.05) is 6.07 Å². The highest BCUT2D eigenvalue weighted by atomic mass is 35.5. The third-order valence-corrected chi connectivity index (χ3v) is 2.64. The van der Waals surface area contributed by atoms with Gasteiger partial charge in [-0.1, -0.05) is 23.2 Å². The first-order chi connectivity index (χ1) is 7.25. The molecule has 3 rings (SSSR count). The van der Waals surface area contributed by atoms with Crippen LogP contribution in [0.4, 0.5) is 0 Å². The normalized spacial score (nSPS) is 11.3. The minimum absolute atomic E-state index is 0.394. The molecule has 3 aromatic rings. The molecular weight excluding hydrogens is 235 g/mol. The summed E-state index contributed by atoms with van der Waals surface area (Å²) in [5.74, 6) is 0. The van der Waals surface area contributed by atoms with Crippen molar-refractivity contribution in [3.05, 3.63) is 35.1 Å². The highest BCUT2D eigenvalue weighted by Crippen LogP contribution is 2.22. The molecular formula is C9H4Cl2N4. The maximum Gasteiger partial charge on any atom is 0.155 e. The van der Waals surface area contributed by atoms with Crippen LogP contribution in [0.3, 0.4) is 0 Å². The third-order valence-electron chi connectivity index (χ3n) is 2.16. The second kappa shape index (κ2) is 3.05. The Kier molecular flexibility index (Phi) is 1.81. The molecule has 0 fully saturated rings. The van der Waals surface area contributed by atoms with Crippen molar-refractivity contribution in [2.75, 3.05) is 0 Å². The predicted octanol–water partition coefficient (Wildman–Crippen LogP) is 2.58. The van der Waals surface area contributed by atoms with Crippen molar-refractivity contribution < 1.29 is 0 Å². The van der Waals surface area contributed by atoms with E-state index < -0.39 is 0 Å². The molecule has 0 radical (unpaired) electrons. The monoisotopic (exact) mass is 238 g/mol. The van der Waals surface area contributed by atoms with Gasteiger partial charge in [-0.15, -0.1) is 0 Å². The fourth-order valence-electron chi connectivity index (χ4n) is 1.49. The first-order valence-corrected chi connectivity index (χ1v) is 4.94. The van der Waals surface area contributed by atoms with Crippen LogP contribution in [0.15, 0.2) is 24.8 Å². The average Bonchev–Trinajstić information content (AvgIpc) is 2.66. The standard InChI is InChI=1S/C9H4Cl2N4/c10-8-1-5-6(3-13-8)15-4-12-2-7(15)9(11)14-5/h1-4H. The number of halogens is 2. The quantitative estimate of drug-likeness (QED) is 0.566. The van der Waals surface area contributed by atoms with Crippen LogP contribution >= 0.6 is 23.2 Å². The Morgan fingerprint density at radius 1 is 1.13 bits per heavy atom. The molecule has 74 valence electrons. The second-order valence-corrected chi connectivity index (χ2v) is 3.79. The van der Waals surface area contributed by atoms with E-state index in [1.165, 1.54) is 0 Å². The lowest BCUT2D eigenvalue weighted by molar-refractivity contribution is 1.17. The van der Waals surface area contributed by atoms with Crippen LogP contribution in [0.1, 0.15) is 0 Å². The van der Waals surface area contributed by atoms with Gasteiger partial charge in [-0.2, -0.15) is 0 Å². The van der Waals surface area contributed by atoms with Crippen molar-refractivity contribution in [3.63, 3.8) is 0 Å². The summed E-state index contributed by atoms with van der Waals surface area (Å²) in [6.45, 7) is 0. The Balaban J connectivity index is 2.60.